The molecular weight excluding hydrogens is 300 g/mol. The van der Waals surface area contributed by atoms with Crippen LogP contribution in [0, 0.1) is 18.3 Å². The van der Waals surface area contributed by atoms with E-state index in [1.807, 2.05) is 0 Å². The summed E-state index contributed by atoms with van der Waals surface area (Å²) in [6, 6.07) is 2.32. The molecule has 0 bridgehead atoms. The number of nitrogens with zero attached hydrogens (tertiary/aromatic N) is 2. The van der Waals surface area contributed by atoms with Crippen molar-refractivity contribution < 1.29 is 4.74 Å². The number of nitrogen functional groups attached to an aromatic ring is 1. The van der Waals surface area contributed by atoms with Gasteiger partial charge in [0.1, 0.15) is 11.9 Å². The minimum atomic E-state index is -0.130. The molecule has 0 amide bonds. The average Bonchev–Trinajstić information content (AvgIpc) is 2.56. The summed E-state index contributed by atoms with van der Waals surface area (Å²) in [5.41, 5.74) is 10.1. The van der Waals surface area contributed by atoms with Crippen molar-refractivity contribution in [1.29, 1.82) is 5.26 Å². The van der Waals surface area contributed by atoms with Crippen LogP contribution in [-0.2, 0) is 4.74 Å². The maximum absolute atomic E-state index is 9.63. The number of piperidine rings is 1. The molecule has 3 N–H and O–H groups in total. The summed E-state index contributed by atoms with van der Waals surface area (Å²) >= 11 is 0. The maximum atomic E-state index is 9.63. The molecular formula is C19H28N4O. The van der Waals surface area contributed by atoms with E-state index in [2.05, 4.69) is 37.1 Å². The molecule has 5 nitrogen and oxygen atoms in total. The number of ether oxygens (including phenoxy) is 1. The fourth-order valence-electron chi connectivity index (χ4n) is 4.33. The Balaban J connectivity index is 2.05. The van der Waals surface area contributed by atoms with Crippen molar-refractivity contribution in [3.63, 3.8) is 0 Å². The van der Waals surface area contributed by atoms with E-state index < -0.39 is 0 Å². The van der Waals surface area contributed by atoms with Gasteiger partial charge in [-0.25, -0.2) is 4.98 Å². The lowest BCUT2D eigenvalue weighted by atomic mass is 9.79. The van der Waals surface area contributed by atoms with Crippen molar-refractivity contribution in [2.24, 2.45) is 0 Å². The van der Waals surface area contributed by atoms with Gasteiger partial charge in [-0.05, 0) is 76.6 Å². The van der Waals surface area contributed by atoms with Crippen LogP contribution in [-0.4, -0.2) is 30.3 Å². The van der Waals surface area contributed by atoms with Crippen LogP contribution in [0.15, 0.2) is 0 Å². The van der Waals surface area contributed by atoms with Crippen LogP contribution < -0.4 is 11.1 Å². The number of hydrogen-bond donors (Lipinski definition) is 2. The topological polar surface area (TPSA) is 84.0 Å². The van der Waals surface area contributed by atoms with Gasteiger partial charge in [-0.3, -0.25) is 0 Å². The molecule has 3 heterocycles. The first-order valence-electron chi connectivity index (χ1n) is 8.97. The summed E-state index contributed by atoms with van der Waals surface area (Å²) in [6.07, 6.45) is 4.02. The Hall–Kier alpha value is -1.64. The molecule has 0 aromatic carbocycles. The third-order valence-electron chi connectivity index (χ3n) is 5.50. The number of rotatable bonds is 2. The molecule has 1 atom stereocenters. The number of aromatic nitrogens is 1. The molecule has 0 spiro atoms. The van der Waals surface area contributed by atoms with Crippen molar-refractivity contribution in [3.8, 4) is 6.07 Å². The number of pyridine rings is 1. The van der Waals surface area contributed by atoms with Gasteiger partial charge in [0.2, 0.25) is 0 Å². The van der Waals surface area contributed by atoms with Crippen LogP contribution in [0.3, 0.4) is 0 Å². The fourth-order valence-corrected chi connectivity index (χ4v) is 4.33. The van der Waals surface area contributed by atoms with E-state index in [0.29, 0.717) is 23.2 Å². The number of nitrogens with one attached hydrogen (secondary N) is 1. The third kappa shape index (κ3) is 3.26. The van der Waals surface area contributed by atoms with E-state index in [4.69, 9.17) is 10.5 Å². The largest absolute Gasteiger partial charge is 0.383 e. The highest BCUT2D eigenvalue weighted by Gasteiger charge is 2.33. The third-order valence-corrected chi connectivity index (χ3v) is 5.50. The smallest absolute Gasteiger partial charge is 0.141 e. The van der Waals surface area contributed by atoms with E-state index in [0.717, 1.165) is 56.6 Å². The predicted octanol–water partition coefficient (Wildman–Crippen LogP) is 2.98. The predicted molar refractivity (Wildman–Crippen MR) is 95.0 cm³/mol. The standard InChI is InChI=1S/C19H28N4O/c1-12-16(13-4-7-22-8-5-13)15(11-20)18(21)23-17(12)14-6-9-24-19(2,3)10-14/h13-14,22H,4-10H2,1-3H3,(H2,21,23)/t14-/m0/s1. The lowest BCUT2D eigenvalue weighted by Gasteiger charge is -2.36. The van der Waals surface area contributed by atoms with Gasteiger partial charge in [-0.2, -0.15) is 5.26 Å². The van der Waals surface area contributed by atoms with Crippen LogP contribution in [0.1, 0.15) is 73.8 Å². The minimum absolute atomic E-state index is 0.130. The Morgan fingerprint density at radius 2 is 1.96 bits per heavy atom. The van der Waals surface area contributed by atoms with E-state index in [9.17, 15) is 5.26 Å². The Morgan fingerprint density at radius 1 is 1.25 bits per heavy atom. The zero-order chi connectivity index (χ0) is 17.3. The average molecular weight is 328 g/mol. The number of nitriles is 1. The van der Waals surface area contributed by atoms with E-state index >= 15 is 0 Å². The lowest BCUT2D eigenvalue weighted by molar-refractivity contribution is -0.0598. The first-order chi connectivity index (χ1) is 11.4. The minimum Gasteiger partial charge on any atom is -0.383 e. The van der Waals surface area contributed by atoms with Crippen LogP contribution >= 0.6 is 0 Å². The molecule has 1 aromatic rings. The van der Waals surface area contributed by atoms with Gasteiger partial charge in [0, 0.05) is 18.2 Å². The van der Waals surface area contributed by atoms with Gasteiger partial charge in [0.05, 0.1) is 11.2 Å². The molecule has 24 heavy (non-hydrogen) atoms. The van der Waals surface area contributed by atoms with E-state index in [1.165, 1.54) is 5.56 Å². The van der Waals surface area contributed by atoms with Crippen LogP contribution in [0.2, 0.25) is 0 Å². The Labute approximate surface area is 144 Å². The van der Waals surface area contributed by atoms with Crippen molar-refractivity contribution in [1.82, 2.24) is 10.3 Å². The lowest BCUT2D eigenvalue weighted by Crippen LogP contribution is -2.34. The zero-order valence-electron chi connectivity index (χ0n) is 15.0. The second-order valence-corrected chi connectivity index (χ2v) is 7.73. The summed E-state index contributed by atoms with van der Waals surface area (Å²) in [7, 11) is 0. The van der Waals surface area contributed by atoms with Gasteiger partial charge in [-0.15, -0.1) is 0 Å². The molecule has 1 aromatic heterocycles. The van der Waals surface area contributed by atoms with Crippen LogP contribution in [0.4, 0.5) is 5.82 Å². The molecule has 2 aliphatic rings. The van der Waals surface area contributed by atoms with Gasteiger partial charge >= 0.3 is 0 Å². The number of hydrogen-bond acceptors (Lipinski definition) is 5. The monoisotopic (exact) mass is 328 g/mol. The highest BCUT2D eigenvalue weighted by molar-refractivity contribution is 5.58. The van der Waals surface area contributed by atoms with Crippen molar-refractivity contribution in [2.45, 2.75) is 63.9 Å². The van der Waals surface area contributed by atoms with Crippen LogP contribution in [0.5, 0.6) is 0 Å². The second-order valence-electron chi connectivity index (χ2n) is 7.73. The number of anilines is 1. The van der Waals surface area contributed by atoms with E-state index in [-0.39, 0.29) is 5.60 Å². The summed E-state index contributed by atoms with van der Waals surface area (Å²) < 4.78 is 5.86. The molecule has 5 heteroatoms. The van der Waals surface area contributed by atoms with Crippen LogP contribution in [0.25, 0.3) is 0 Å². The molecule has 0 radical (unpaired) electrons. The van der Waals surface area contributed by atoms with Gasteiger partial charge in [0.15, 0.2) is 0 Å². The molecule has 2 fully saturated rings. The molecule has 0 saturated carbocycles. The molecule has 2 aliphatic heterocycles. The Kier molecular flexibility index (Phi) is 4.80. The summed E-state index contributed by atoms with van der Waals surface area (Å²) in [5, 5.41) is 13.0. The van der Waals surface area contributed by atoms with Crippen molar-refractivity contribution >= 4 is 5.82 Å². The van der Waals surface area contributed by atoms with Crippen molar-refractivity contribution in [2.75, 3.05) is 25.4 Å². The van der Waals surface area contributed by atoms with Gasteiger partial charge in [-0.1, -0.05) is 0 Å². The first-order valence-corrected chi connectivity index (χ1v) is 8.97. The normalized spacial score (nSPS) is 24.5. The van der Waals surface area contributed by atoms with Gasteiger partial charge in [0.25, 0.3) is 0 Å². The summed E-state index contributed by atoms with van der Waals surface area (Å²) in [4.78, 5) is 4.67. The van der Waals surface area contributed by atoms with Crippen molar-refractivity contribution in [3.05, 3.63) is 22.4 Å². The highest BCUT2D eigenvalue weighted by atomic mass is 16.5. The SMILES string of the molecule is Cc1c([C@H]2CCOC(C)(C)C2)nc(N)c(C#N)c1C1CCNCC1. The quantitative estimate of drug-likeness (QED) is 0.872. The summed E-state index contributed by atoms with van der Waals surface area (Å²) in [6.45, 7) is 9.14. The first kappa shape index (κ1) is 17.2. The molecule has 0 aliphatic carbocycles. The molecule has 0 unspecified atom stereocenters. The second kappa shape index (κ2) is 6.70. The number of nitrogens with two attached hydrogens (primary N) is 1. The molecule has 3 rings (SSSR count). The van der Waals surface area contributed by atoms with E-state index in [1.54, 1.807) is 0 Å². The fraction of sp³-hybridized carbons (Fsp3) is 0.684. The van der Waals surface area contributed by atoms with Gasteiger partial charge < -0.3 is 15.8 Å². The zero-order valence-corrected chi connectivity index (χ0v) is 15.0. The Bertz CT molecular complexity index is 656. The molecule has 130 valence electrons. The maximum Gasteiger partial charge on any atom is 0.141 e. The Morgan fingerprint density at radius 3 is 2.58 bits per heavy atom. The molecule has 2 saturated heterocycles. The summed E-state index contributed by atoms with van der Waals surface area (Å²) in [5.74, 6) is 1.15. The highest BCUT2D eigenvalue weighted by Crippen LogP contribution is 2.40.